The van der Waals surface area contributed by atoms with Crippen LogP contribution in [0.1, 0.15) is 12.6 Å². The van der Waals surface area contributed by atoms with Gasteiger partial charge >= 0.3 is 0 Å². The Balaban J connectivity index is 2.76. The van der Waals surface area contributed by atoms with Gasteiger partial charge in [-0.2, -0.15) is 0 Å². The van der Waals surface area contributed by atoms with E-state index in [0.717, 1.165) is 11.3 Å². The van der Waals surface area contributed by atoms with Crippen molar-refractivity contribution in [3.63, 3.8) is 0 Å². The van der Waals surface area contributed by atoms with Crippen molar-refractivity contribution in [3.05, 3.63) is 10.2 Å². The normalized spacial score (nSPS) is 12.8. The van der Waals surface area contributed by atoms with Crippen molar-refractivity contribution >= 4 is 42.8 Å². The molecule has 0 aliphatic heterocycles. The van der Waals surface area contributed by atoms with E-state index in [2.05, 4.69) is 9.71 Å². The molecule has 1 heterocycles. The minimum atomic E-state index is -3.74. The summed E-state index contributed by atoms with van der Waals surface area (Å²) in [5, 5.41) is 0. The maximum absolute atomic E-state index is 11.8. The Kier molecular flexibility index (Phi) is 5.13. The van der Waals surface area contributed by atoms with E-state index in [0.29, 0.717) is 5.69 Å². The Morgan fingerprint density at radius 2 is 1.94 bits per heavy atom. The van der Waals surface area contributed by atoms with E-state index in [4.69, 9.17) is 11.6 Å². The quantitative estimate of drug-likeness (QED) is 0.832. The van der Waals surface area contributed by atoms with Crippen molar-refractivity contribution in [3.8, 4) is 0 Å². The molecular formula is C8H13ClN2O4S3. The highest BCUT2D eigenvalue weighted by Gasteiger charge is 2.21. The molecule has 0 atom stereocenters. The van der Waals surface area contributed by atoms with Gasteiger partial charge in [0.05, 0.1) is 11.4 Å². The molecule has 0 amide bonds. The predicted octanol–water partition coefficient (Wildman–Crippen LogP) is 0.818. The van der Waals surface area contributed by atoms with Crippen LogP contribution in [-0.2, 0) is 19.9 Å². The molecule has 0 fully saturated rings. The average molecular weight is 333 g/mol. The number of aromatic nitrogens is 1. The van der Waals surface area contributed by atoms with Gasteiger partial charge in [-0.15, -0.1) is 0 Å². The molecule has 18 heavy (non-hydrogen) atoms. The Hall–Kier alpha value is -0.220. The minimum Gasteiger partial charge on any atom is -0.229 e. The van der Waals surface area contributed by atoms with Gasteiger partial charge in [-0.1, -0.05) is 29.9 Å². The lowest BCUT2D eigenvalue weighted by Gasteiger charge is -2.05. The molecule has 104 valence electrons. The van der Waals surface area contributed by atoms with E-state index in [1.165, 1.54) is 13.8 Å². The lowest BCUT2D eigenvalue weighted by molar-refractivity contribution is 0.582. The summed E-state index contributed by atoms with van der Waals surface area (Å²) in [5.74, 6) is -0.242. The van der Waals surface area contributed by atoms with Crippen LogP contribution in [0.5, 0.6) is 0 Å². The summed E-state index contributed by atoms with van der Waals surface area (Å²) in [6, 6.07) is 0. The molecule has 0 spiro atoms. The number of halogens is 1. The number of sulfone groups is 1. The summed E-state index contributed by atoms with van der Waals surface area (Å²) in [5.41, 5.74) is 0.302. The van der Waals surface area contributed by atoms with Crippen LogP contribution in [0.2, 0.25) is 4.47 Å². The van der Waals surface area contributed by atoms with Crippen LogP contribution in [0.3, 0.4) is 0 Å². The Morgan fingerprint density at radius 3 is 2.39 bits per heavy atom. The summed E-state index contributed by atoms with van der Waals surface area (Å²) in [4.78, 5) is 3.80. The van der Waals surface area contributed by atoms with E-state index in [1.807, 2.05) is 0 Å². The lowest BCUT2D eigenvalue weighted by atomic mass is 10.6. The van der Waals surface area contributed by atoms with Gasteiger partial charge in [0.1, 0.15) is 0 Å². The van der Waals surface area contributed by atoms with E-state index in [9.17, 15) is 16.8 Å². The van der Waals surface area contributed by atoms with Crippen LogP contribution >= 0.6 is 22.9 Å². The fourth-order valence-electron chi connectivity index (χ4n) is 1.14. The van der Waals surface area contributed by atoms with Crippen molar-refractivity contribution in [1.29, 1.82) is 0 Å². The summed E-state index contributed by atoms with van der Waals surface area (Å²) < 4.78 is 48.5. The summed E-state index contributed by atoms with van der Waals surface area (Å²) in [7, 11) is -6.94. The Bertz CT molecular complexity index is 621. The number of nitrogens with one attached hydrogen (secondary N) is 1. The number of hydrogen-bond acceptors (Lipinski definition) is 6. The number of nitrogens with zero attached hydrogens (tertiary/aromatic N) is 1. The highest BCUT2D eigenvalue weighted by atomic mass is 35.5. The predicted molar refractivity (Wildman–Crippen MR) is 71.4 cm³/mol. The first-order valence-corrected chi connectivity index (χ1v) is 9.51. The van der Waals surface area contributed by atoms with Gasteiger partial charge in [0.25, 0.3) is 10.0 Å². The monoisotopic (exact) mass is 332 g/mol. The molecule has 1 aromatic heterocycles. The molecule has 6 nitrogen and oxygen atoms in total. The van der Waals surface area contributed by atoms with Crippen LogP contribution < -0.4 is 4.72 Å². The highest BCUT2D eigenvalue weighted by Crippen LogP contribution is 2.26. The number of rotatable bonds is 6. The van der Waals surface area contributed by atoms with Gasteiger partial charge in [-0.05, 0) is 6.92 Å². The number of sulfonamides is 1. The van der Waals surface area contributed by atoms with Crippen molar-refractivity contribution in [1.82, 2.24) is 9.71 Å². The van der Waals surface area contributed by atoms with Gasteiger partial charge in [0.2, 0.25) is 0 Å². The molecule has 0 aliphatic carbocycles. The van der Waals surface area contributed by atoms with Gasteiger partial charge in [0.15, 0.2) is 18.5 Å². The molecule has 0 unspecified atom stereocenters. The van der Waals surface area contributed by atoms with Gasteiger partial charge in [-0.25, -0.2) is 26.5 Å². The Labute approximate surface area is 115 Å². The first kappa shape index (κ1) is 15.8. The maximum Gasteiger partial charge on any atom is 0.252 e. The standard InChI is InChI=1S/C8H13ClN2O4S3/c1-3-17(12,13)5-4-10-18(14,15)7-6(2)11-8(9)16-7/h10H,3-5H2,1-2H3. The third-order valence-electron chi connectivity index (χ3n) is 2.12. The largest absolute Gasteiger partial charge is 0.252 e. The minimum absolute atomic E-state index is 0.0137. The summed E-state index contributed by atoms with van der Waals surface area (Å²) in [6.45, 7) is 2.88. The zero-order valence-corrected chi connectivity index (χ0v) is 13.0. The van der Waals surface area contributed by atoms with E-state index < -0.39 is 19.9 Å². The average Bonchev–Trinajstić information content (AvgIpc) is 2.58. The fourth-order valence-corrected chi connectivity index (χ4v) is 4.79. The van der Waals surface area contributed by atoms with Crippen LogP contribution in [0.15, 0.2) is 4.21 Å². The molecule has 0 saturated carbocycles. The second-order valence-electron chi connectivity index (χ2n) is 3.47. The molecule has 0 radical (unpaired) electrons. The van der Waals surface area contributed by atoms with E-state index in [-0.39, 0.29) is 26.7 Å². The second kappa shape index (κ2) is 5.83. The second-order valence-corrected chi connectivity index (χ2v) is 9.49. The van der Waals surface area contributed by atoms with E-state index in [1.54, 1.807) is 0 Å². The van der Waals surface area contributed by atoms with Gasteiger partial charge < -0.3 is 0 Å². The summed E-state index contributed by atoms with van der Waals surface area (Å²) >= 11 is 6.46. The van der Waals surface area contributed by atoms with Crippen LogP contribution in [0.4, 0.5) is 0 Å². The van der Waals surface area contributed by atoms with Crippen molar-refractivity contribution in [2.75, 3.05) is 18.1 Å². The first-order valence-electron chi connectivity index (χ1n) is 5.01. The molecule has 0 bridgehead atoms. The molecule has 1 rings (SSSR count). The molecule has 0 saturated heterocycles. The van der Waals surface area contributed by atoms with Crippen LogP contribution in [0.25, 0.3) is 0 Å². The van der Waals surface area contributed by atoms with E-state index >= 15 is 0 Å². The topological polar surface area (TPSA) is 93.2 Å². The van der Waals surface area contributed by atoms with Crippen LogP contribution in [0, 0.1) is 6.92 Å². The third-order valence-corrected chi connectivity index (χ3v) is 7.16. The molecule has 1 N–H and O–H groups in total. The zero-order chi connectivity index (χ0) is 14.0. The van der Waals surface area contributed by atoms with Crippen molar-refractivity contribution in [2.24, 2.45) is 0 Å². The van der Waals surface area contributed by atoms with Crippen molar-refractivity contribution < 1.29 is 16.8 Å². The number of thiazole rings is 1. The number of aryl methyl sites for hydroxylation is 1. The molecule has 0 aliphatic rings. The molecular weight excluding hydrogens is 320 g/mol. The smallest absolute Gasteiger partial charge is 0.229 e. The van der Waals surface area contributed by atoms with Crippen molar-refractivity contribution in [2.45, 2.75) is 18.1 Å². The Morgan fingerprint density at radius 1 is 1.33 bits per heavy atom. The highest BCUT2D eigenvalue weighted by molar-refractivity contribution is 7.92. The number of hydrogen-bond donors (Lipinski definition) is 1. The summed E-state index contributed by atoms with van der Waals surface area (Å²) in [6.07, 6.45) is 0. The molecule has 10 heteroatoms. The zero-order valence-electron chi connectivity index (χ0n) is 9.80. The van der Waals surface area contributed by atoms with Gasteiger partial charge in [-0.3, -0.25) is 0 Å². The molecule has 1 aromatic rings. The fraction of sp³-hybridized carbons (Fsp3) is 0.625. The SMILES string of the molecule is CCS(=O)(=O)CCNS(=O)(=O)c1sc(Cl)nc1C. The van der Waals surface area contributed by atoms with Crippen LogP contribution in [-0.4, -0.2) is 39.9 Å². The molecule has 0 aromatic carbocycles. The lowest BCUT2D eigenvalue weighted by Crippen LogP contribution is -2.29. The third kappa shape index (κ3) is 4.16. The van der Waals surface area contributed by atoms with Gasteiger partial charge in [0, 0.05) is 12.3 Å². The maximum atomic E-state index is 11.8. The first-order chi connectivity index (χ1) is 8.18.